The van der Waals surface area contributed by atoms with E-state index in [1.165, 1.54) is 4.90 Å². The minimum atomic E-state index is -0.521. The topological polar surface area (TPSA) is 86.3 Å². The van der Waals surface area contributed by atoms with Gasteiger partial charge < -0.3 is 10.0 Å². The molecule has 2 N–H and O–H groups in total. The molecule has 1 atom stereocenters. The number of aromatic nitrogens is 2. The highest BCUT2D eigenvalue weighted by molar-refractivity contribution is 5.95. The molecule has 1 aliphatic heterocycles. The number of hydrogen-bond donors (Lipinski definition) is 2. The number of carbonyl (C=O) groups is 1. The van der Waals surface area contributed by atoms with Gasteiger partial charge in [0, 0.05) is 18.5 Å². The SMILES string of the molecule is O=C(c1n[nH]c2ccccc2c1=O)N1CCCC(O)C1. The first-order valence-corrected chi connectivity index (χ1v) is 6.61. The van der Waals surface area contributed by atoms with Gasteiger partial charge in [-0.15, -0.1) is 0 Å². The molecule has 6 nitrogen and oxygen atoms in total. The van der Waals surface area contributed by atoms with E-state index in [2.05, 4.69) is 10.2 Å². The summed E-state index contributed by atoms with van der Waals surface area (Å²) >= 11 is 0. The number of carbonyl (C=O) groups excluding carboxylic acids is 1. The summed E-state index contributed by atoms with van der Waals surface area (Å²) in [6.07, 6.45) is 0.899. The molecule has 0 bridgehead atoms. The lowest BCUT2D eigenvalue weighted by Gasteiger charge is -2.29. The summed E-state index contributed by atoms with van der Waals surface area (Å²) in [7, 11) is 0. The lowest BCUT2D eigenvalue weighted by Crippen LogP contribution is -2.44. The summed E-state index contributed by atoms with van der Waals surface area (Å²) in [5, 5.41) is 16.7. The van der Waals surface area contributed by atoms with E-state index in [1.807, 2.05) is 0 Å². The van der Waals surface area contributed by atoms with Gasteiger partial charge in [0.1, 0.15) is 0 Å². The van der Waals surface area contributed by atoms with Crippen molar-refractivity contribution in [3.63, 3.8) is 0 Å². The molecule has 0 aliphatic carbocycles. The summed E-state index contributed by atoms with van der Waals surface area (Å²) in [4.78, 5) is 26.1. The third-order valence-electron chi connectivity index (χ3n) is 3.56. The van der Waals surface area contributed by atoms with E-state index in [-0.39, 0.29) is 17.7 Å². The molecule has 1 unspecified atom stereocenters. The molecular formula is C14H15N3O3. The maximum atomic E-state index is 12.3. The number of aromatic amines is 1. The molecule has 1 saturated heterocycles. The first-order valence-electron chi connectivity index (χ1n) is 6.61. The zero-order chi connectivity index (χ0) is 14.1. The Morgan fingerprint density at radius 1 is 1.40 bits per heavy atom. The van der Waals surface area contributed by atoms with E-state index >= 15 is 0 Å². The summed E-state index contributed by atoms with van der Waals surface area (Å²) in [6.45, 7) is 0.802. The Bertz CT molecular complexity index is 710. The van der Waals surface area contributed by atoms with Gasteiger partial charge in [-0.1, -0.05) is 12.1 Å². The fourth-order valence-electron chi connectivity index (χ4n) is 2.51. The number of β-amino-alcohol motifs (C(OH)–C–C–N with tert-alkyl or cyclic N) is 1. The van der Waals surface area contributed by atoms with Crippen LogP contribution in [0.1, 0.15) is 23.3 Å². The van der Waals surface area contributed by atoms with E-state index in [4.69, 9.17) is 0 Å². The standard InChI is InChI=1S/C14H15N3O3/c18-9-4-3-7-17(8-9)14(20)12-13(19)10-5-1-2-6-11(10)15-16-12/h1-2,5-6,9,18H,3-4,7-8H2,(H,15,19). The Hall–Kier alpha value is -2.21. The van der Waals surface area contributed by atoms with Crippen LogP contribution < -0.4 is 5.43 Å². The number of piperidine rings is 1. The number of H-pyrrole nitrogens is 1. The molecule has 104 valence electrons. The first-order chi connectivity index (χ1) is 9.66. The number of fused-ring (bicyclic) bond motifs is 1. The third-order valence-corrected chi connectivity index (χ3v) is 3.56. The second-order valence-electron chi connectivity index (χ2n) is 4.99. The van der Waals surface area contributed by atoms with Crippen molar-refractivity contribution >= 4 is 16.8 Å². The molecule has 1 aromatic carbocycles. The molecule has 3 rings (SSSR count). The van der Waals surface area contributed by atoms with Crippen LogP contribution in [-0.2, 0) is 0 Å². The van der Waals surface area contributed by atoms with Crippen molar-refractivity contribution in [2.45, 2.75) is 18.9 Å². The van der Waals surface area contributed by atoms with Crippen molar-refractivity contribution < 1.29 is 9.90 Å². The molecule has 0 spiro atoms. The van der Waals surface area contributed by atoms with Crippen molar-refractivity contribution in [3.8, 4) is 0 Å². The zero-order valence-corrected chi connectivity index (χ0v) is 10.9. The normalized spacial score (nSPS) is 19.2. The van der Waals surface area contributed by atoms with Crippen LogP contribution in [0.15, 0.2) is 29.1 Å². The lowest BCUT2D eigenvalue weighted by atomic mass is 10.1. The Balaban J connectivity index is 1.99. The number of nitrogens with zero attached hydrogens (tertiary/aromatic N) is 2. The maximum Gasteiger partial charge on any atom is 0.278 e. The Labute approximate surface area is 115 Å². The van der Waals surface area contributed by atoms with Gasteiger partial charge in [0.2, 0.25) is 5.43 Å². The van der Waals surface area contributed by atoms with Gasteiger partial charge in [0.15, 0.2) is 5.69 Å². The van der Waals surface area contributed by atoms with E-state index in [1.54, 1.807) is 24.3 Å². The Kier molecular flexibility index (Phi) is 3.23. The van der Waals surface area contributed by atoms with Crippen LogP contribution in [-0.4, -0.2) is 45.3 Å². The second kappa shape index (κ2) is 5.05. The number of likely N-dealkylation sites (tertiary alicyclic amines) is 1. The molecule has 0 radical (unpaired) electrons. The highest BCUT2D eigenvalue weighted by atomic mass is 16.3. The van der Waals surface area contributed by atoms with Gasteiger partial charge >= 0.3 is 0 Å². The fourth-order valence-corrected chi connectivity index (χ4v) is 2.51. The molecular weight excluding hydrogens is 258 g/mol. The van der Waals surface area contributed by atoms with Crippen molar-refractivity contribution in [1.82, 2.24) is 15.1 Å². The largest absolute Gasteiger partial charge is 0.391 e. The summed E-state index contributed by atoms with van der Waals surface area (Å²) in [5.41, 5.74) is 0.120. The summed E-state index contributed by atoms with van der Waals surface area (Å²) in [6, 6.07) is 6.94. The molecule has 0 saturated carbocycles. The van der Waals surface area contributed by atoms with Crippen LogP contribution in [0.4, 0.5) is 0 Å². The number of hydrogen-bond acceptors (Lipinski definition) is 4. The summed E-state index contributed by atoms with van der Waals surface area (Å²) in [5.74, 6) is -0.421. The Morgan fingerprint density at radius 2 is 2.20 bits per heavy atom. The minimum Gasteiger partial charge on any atom is -0.391 e. The molecule has 1 aromatic heterocycles. The molecule has 6 heteroatoms. The van der Waals surface area contributed by atoms with Gasteiger partial charge in [-0.05, 0) is 25.0 Å². The smallest absolute Gasteiger partial charge is 0.278 e. The molecule has 1 aliphatic rings. The van der Waals surface area contributed by atoms with Crippen LogP contribution >= 0.6 is 0 Å². The number of para-hydroxylation sites is 1. The third kappa shape index (κ3) is 2.18. The number of aliphatic hydroxyl groups excluding tert-OH is 1. The minimum absolute atomic E-state index is 0.113. The maximum absolute atomic E-state index is 12.3. The highest BCUT2D eigenvalue weighted by Gasteiger charge is 2.26. The number of benzene rings is 1. The number of aliphatic hydroxyl groups is 1. The molecule has 2 heterocycles. The number of rotatable bonds is 1. The highest BCUT2D eigenvalue weighted by Crippen LogP contribution is 2.12. The van der Waals surface area contributed by atoms with Crippen LogP contribution in [0.5, 0.6) is 0 Å². The zero-order valence-electron chi connectivity index (χ0n) is 10.9. The number of amides is 1. The summed E-state index contributed by atoms with van der Waals surface area (Å²) < 4.78 is 0. The van der Waals surface area contributed by atoms with E-state index in [0.717, 1.165) is 6.42 Å². The second-order valence-corrected chi connectivity index (χ2v) is 4.99. The average Bonchev–Trinajstić information content (AvgIpc) is 2.47. The lowest BCUT2D eigenvalue weighted by molar-refractivity contribution is 0.0467. The van der Waals surface area contributed by atoms with E-state index in [0.29, 0.717) is 23.9 Å². The van der Waals surface area contributed by atoms with Crippen molar-refractivity contribution in [3.05, 3.63) is 40.2 Å². The Morgan fingerprint density at radius 3 is 3.00 bits per heavy atom. The fraction of sp³-hybridized carbons (Fsp3) is 0.357. The molecule has 2 aromatic rings. The van der Waals surface area contributed by atoms with Crippen molar-refractivity contribution in [2.75, 3.05) is 13.1 Å². The predicted octanol–water partition coefficient (Wildman–Crippen LogP) is 0.520. The van der Waals surface area contributed by atoms with Gasteiger partial charge in [-0.2, -0.15) is 5.10 Å². The average molecular weight is 273 g/mol. The van der Waals surface area contributed by atoms with Crippen LogP contribution in [0, 0.1) is 0 Å². The first kappa shape index (κ1) is 12.8. The number of nitrogens with one attached hydrogen (secondary N) is 1. The van der Waals surface area contributed by atoms with Crippen LogP contribution in [0.2, 0.25) is 0 Å². The van der Waals surface area contributed by atoms with Gasteiger partial charge in [0.25, 0.3) is 5.91 Å². The van der Waals surface area contributed by atoms with Crippen molar-refractivity contribution in [2.24, 2.45) is 0 Å². The van der Waals surface area contributed by atoms with E-state index in [9.17, 15) is 14.7 Å². The quantitative estimate of drug-likeness (QED) is 0.793. The predicted molar refractivity (Wildman–Crippen MR) is 73.5 cm³/mol. The molecule has 1 amide bonds. The van der Waals surface area contributed by atoms with Gasteiger partial charge in [-0.25, -0.2) is 0 Å². The van der Waals surface area contributed by atoms with Gasteiger partial charge in [-0.3, -0.25) is 14.7 Å². The van der Waals surface area contributed by atoms with Crippen LogP contribution in [0.3, 0.4) is 0 Å². The van der Waals surface area contributed by atoms with Gasteiger partial charge in [0.05, 0.1) is 11.6 Å². The van der Waals surface area contributed by atoms with Crippen LogP contribution in [0.25, 0.3) is 10.9 Å². The monoisotopic (exact) mass is 273 g/mol. The molecule has 1 fully saturated rings. The van der Waals surface area contributed by atoms with E-state index < -0.39 is 12.0 Å². The molecule has 20 heavy (non-hydrogen) atoms. The van der Waals surface area contributed by atoms with Crippen molar-refractivity contribution in [1.29, 1.82) is 0 Å².